The number of nitrogens with zero attached hydrogens (tertiary/aromatic N) is 2. The highest BCUT2D eigenvalue weighted by atomic mass is 32.2. The molecule has 0 bridgehead atoms. The zero-order valence-electron chi connectivity index (χ0n) is 29.7. The predicted molar refractivity (Wildman–Crippen MR) is 184 cm³/mol. The molecule has 2 aliphatic carbocycles. The van der Waals surface area contributed by atoms with Crippen LogP contribution in [-0.4, -0.2) is 76.6 Å². The van der Waals surface area contributed by atoms with E-state index < -0.39 is 97.6 Å². The van der Waals surface area contributed by atoms with Crippen LogP contribution < -0.4 is 15.4 Å². The number of amides is 4. The largest absolute Gasteiger partial charge is 0.465 e. The first kappa shape index (κ1) is 38.3. The molecular formula is C36H43F4N5O7S. The molecule has 53 heavy (non-hydrogen) atoms. The minimum absolute atomic E-state index is 0.00152. The standard InChI is InChI=1S/C36H43F4N5O7S/c1-5-20-16-35(20,32(48)43-53(51,52)23-12-13-23)42-30(46)27-14-19(28-24-10-7-11-26(37)25(24)18-45(28)33(49)50)17-44(27)31(47)29(34(2,3)4)41-22-9-6-8-21(15-22)36(38,39)40/h6-11,15,19-20,23,27-29,41H,5,12-14,16-18H2,1-4H3,(H,42,46)(H,43,48)(H,49,50)/t19-,20-,27+,28?,29-,35-/m1/s1. The molecule has 17 heteroatoms. The van der Waals surface area contributed by atoms with Crippen LogP contribution in [0.2, 0.25) is 0 Å². The molecular weight excluding hydrogens is 722 g/mol. The van der Waals surface area contributed by atoms with Crippen molar-refractivity contribution in [2.75, 3.05) is 11.9 Å². The van der Waals surface area contributed by atoms with Gasteiger partial charge in [-0.3, -0.25) is 24.0 Å². The Labute approximate surface area is 304 Å². The molecule has 2 heterocycles. The Morgan fingerprint density at radius 2 is 1.72 bits per heavy atom. The minimum atomic E-state index is -4.66. The number of alkyl halides is 3. The van der Waals surface area contributed by atoms with Crippen molar-refractivity contribution in [3.63, 3.8) is 0 Å². The Morgan fingerprint density at radius 3 is 2.30 bits per heavy atom. The molecule has 4 aliphatic rings. The second kappa shape index (κ2) is 13.5. The van der Waals surface area contributed by atoms with Gasteiger partial charge in [-0.2, -0.15) is 13.2 Å². The predicted octanol–water partition coefficient (Wildman–Crippen LogP) is 5.02. The first-order valence-corrected chi connectivity index (χ1v) is 19.1. The molecule has 0 aromatic heterocycles. The number of carboxylic acid groups (broad SMARTS) is 1. The summed E-state index contributed by atoms with van der Waals surface area (Å²) in [5, 5.41) is 15.2. The van der Waals surface area contributed by atoms with Crippen molar-refractivity contribution in [2.24, 2.45) is 17.3 Å². The van der Waals surface area contributed by atoms with Crippen LogP contribution in [0.3, 0.4) is 0 Å². The molecule has 4 N–H and O–H groups in total. The first-order chi connectivity index (χ1) is 24.7. The number of rotatable bonds is 10. The summed E-state index contributed by atoms with van der Waals surface area (Å²) >= 11 is 0. The third-order valence-electron chi connectivity index (χ3n) is 10.9. The highest BCUT2D eigenvalue weighted by molar-refractivity contribution is 7.91. The lowest BCUT2D eigenvalue weighted by Crippen LogP contribution is -2.58. The van der Waals surface area contributed by atoms with Crippen LogP contribution in [0.25, 0.3) is 0 Å². The van der Waals surface area contributed by atoms with Crippen molar-refractivity contribution < 1.29 is 50.3 Å². The first-order valence-electron chi connectivity index (χ1n) is 17.6. The normalized spacial score (nSPS) is 26.1. The number of hydrogen-bond donors (Lipinski definition) is 4. The molecule has 12 nitrogen and oxygen atoms in total. The summed E-state index contributed by atoms with van der Waals surface area (Å²) in [6.07, 6.45) is -4.72. The average Bonchev–Trinajstić information content (AvgIpc) is 3.96. The Morgan fingerprint density at radius 1 is 1.04 bits per heavy atom. The molecule has 3 fully saturated rings. The molecule has 4 amide bonds. The van der Waals surface area contributed by atoms with Gasteiger partial charge in [0.15, 0.2) is 0 Å². The van der Waals surface area contributed by atoms with Gasteiger partial charge in [0.25, 0.3) is 5.91 Å². The highest BCUT2D eigenvalue weighted by Gasteiger charge is 2.62. The monoisotopic (exact) mass is 765 g/mol. The Balaban J connectivity index is 1.35. The number of nitrogens with one attached hydrogen (secondary N) is 3. The number of halogens is 4. The van der Waals surface area contributed by atoms with E-state index in [1.165, 1.54) is 29.2 Å². The van der Waals surface area contributed by atoms with Gasteiger partial charge in [-0.1, -0.05) is 52.3 Å². The van der Waals surface area contributed by atoms with E-state index in [1.54, 1.807) is 33.8 Å². The minimum Gasteiger partial charge on any atom is -0.465 e. The highest BCUT2D eigenvalue weighted by Crippen LogP contribution is 2.48. The zero-order valence-corrected chi connectivity index (χ0v) is 30.5. The third-order valence-corrected chi connectivity index (χ3v) is 12.7. The van der Waals surface area contributed by atoms with Crippen LogP contribution in [0.15, 0.2) is 42.5 Å². The Hall–Kier alpha value is -4.41. The second-order valence-electron chi connectivity index (χ2n) is 15.6. The van der Waals surface area contributed by atoms with Crippen LogP contribution in [0.1, 0.15) is 82.5 Å². The number of anilines is 1. The molecule has 2 aromatic carbocycles. The molecule has 6 rings (SSSR count). The molecule has 2 aliphatic heterocycles. The number of likely N-dealkylation sites (tertiary alicyclic amines) is 1. The summed E-state index contributed by atoms with van der Waals surface area (Å²) in [6, 6.07) is 5.12. The van der Waals surface area contributed by atoms with Crippen LogP contribution in [-0.2, 0) is 37.1 Å². The van der Waals surface area contributed by atoms with E-state index in [-0.39, 0.29) is 37.2 Å². The number of fused-ring (bicyclic) bond motifs is 1. The van der Waals surface area contributed by atoms with Crippen molar-refractivity contribution in [1.29, 1.82) is 0 Å². The SMILES string of the molecule is CC[C@@H]1C[C@]1(NC(=O)[C@@H]1C[C@@H](C2c3cccc(F)c3CN2C(=O)O)CN1C(=O)[C@@H](Nc1cccc(C(F)(F)F)c1)C(C)(C)C)C(=O)NS(=O)(=O)C1CC1. The maximum atomic E-state index is 14.9. The molecule has 2 aromatic rings. The van der Waals surface area contributed by atoms with E-state index in [0.717, 1.165) is 17.0 Å². The van der Waals surface area contributed by atoms with Crippen LogP contribution in [0, 0.1) is 23.1 Å². The summed E-state index contributed by atoms with van der Waals surface area (Å²) in [7, 11) is -3.96. The number of carbonyl (C=O) groups excluding carboxylic acids is 3. The summed E-state index contributed by atoms with van der Waals surface area (Å²) in [6.45, 7) is 6.41. The summed E-state index contributed by atoms with van der Waals surface area (Å²) in [5.74, 6) is -4.09. The fourth-order valence-corrected chi connectivity index (χ4v) is 9.17. The van der Waals surface area contributed by atoms with Gasteiger partial charge in [-0.05, 0) is 66.8 Å². The van der Waals surface area contributed by atoms with Crippen molar-refractivity contribution in [1.82, 2.24) is 19.8 Å². The van der Waals surface area contributed by atoms with E-state index in [4.69, 9.17) is 0 Å². The third kappa shape index (κ3) is 7.40. The maximum Gasteiger partial charge on any atom is 0.416 e. The van der Waals surface area contributed by atoms with Gasteiger partial charge < -0.3 is 20.6 Å². The molecule has 0 spiro atoms. The molecule has 0 radical (unpaired) electrons. The number of benzene rings is 2. The van der Waals surface area contributed by atoms with E-state index in [9.17, 15) is 50.3 Å². The van der Waals surface area contributed by atoms with Crippen molar-refractivity contribution >= 4 is 39.5 Å². The smallest absolute Gasteiger partial charge is 0.416 e. The van der Waals surface area contributed by atoms with E-state index >= 15 is 0 Å². The average molecular weight is 766 g/mol. The van der Waals surface area contributed by atoms with Gasteiger partial charge in [0.05, 0.1) is 23.4 Å². The van der Waals surface area contributed by atoms with Crippen molar-refractivity contribution in [2.45, 2.75) is 101 Å². The molecule has 6 atom stereocenters. The number of hydrogen-bond acceptors (Lipinski definition) is 7. The van der Waals surface area contributed by atoms with E-state index in [1.807, 2.05) is 0 Å². The van der Waals surface area contributed by atoms with Crippen molar-refractivity contribution in [3.05, 3.63) is 65.0 Å². The lowest BCUT2D eigenvalue weighted by atomic mass is 9.85. The maximum absolute atomic E-state index is 14.9. The van der Waals surface area contributed by atoms with E-state index in [2.05, 4.69) is 15.4 Å². The lowest BCUT2D eigenvalue weighted by Gasteiger charge is -2.36. The van der Waals surface area contributed by atoms with Crippen LogP contribution in [0.4, 0.5) is 28.0 Å². The van der Waals surface area contributed by atoms with Crippen molar-refractivity contribution in [3.8, 4) is 0 Å². The Kier molecular flexibility index (Phi) is 9.73. The van der Waals surface area contributed by atoms with E-state index in [0.29, 0.717) is 24.8 Å². The number of sulfonamides is 1. The second-order valence-corrected chi connectivity index (χ2v) is 17.6. The zero-order chi connectivity index (χ0) is 38.8. The summed E-state index contributed by atoms with van der Waals surface area (Å²) in [4.78, 5) is 57.4. The van der Waals surface area contributed by atoms with Gasteiger partial charge >= 0.3 is 12.3 Å². The molecule has 288 valence electrons. The molecule has 1 saturated heterocycles. The van der Waals surface area contributed by atoms with Gasteiger partial charge in [-0.25, -0.2) is 17.6 Å². The number of carbonyl (C=O) groups is 4. The fourth-order valence-electron chi connectivity index (χ4n) is 7.80. The molecule has 2 saturated carbocycles. The fraction of sp³-hybridized carbons (Fsp3) is 0.556. The lowest BCUT2D eigenvalue weighted by molar-refractivity contribution is -0.141. The van der Waals surface area contributed by atoms with Gasteiger partial charge in [-0.15, -0.1) is 0 Å². The van der Waals surface area contributed by atoms with Crippen LogP contribution >= 0.6 is 0 Å². The van der Waals surface area contributed by atoms with Gasteiger partial charge in [0.2, 0.25) is 21.8 Å². The van der Waals surface area contributed by atoms with Gasteiger partial charge in [0, 0.05) is 23.7 Å². The van der Waals surface area contributed by atoms with Gasteiger partial charge in [0.1, 0.15) is 23.4 Å². The summed E-state index contributed by atoms with van der Waals surface area (Å²) in [5.41, 5.74) is -2.91. The quantitative estimate of drug-likeness (QED) is 0.245. The topological polar surface area (TPSA) is 165 Å². The summed E-state index contributed by atoms with van der Waals surface area (Å²) < 4.78 is 83.3. The van der Waals surface area contributed by atoms with Crippen LogP contribution in [0.5, 0.6) is 0 Å². The Bertz CT molecular complexity index is 1930. The molecule has 1 unspecified atom stereocenters.